The molecule has 0 aromatic carbocycles. The monoisotopic (exact) mass is 136 g/mol. The molecule has 0 saturated carbocycles. The Morgan fingerprint density at radius 2 is 1.30 bits per heavy atom. The summed E-state index contributed by atoms with van der Waals surface area (Å²) in [4.78, 5) is 20.7. The van der Waals surface area contributed by atoms with E-state index in [1.54, 1.807) is 0 Å². The van der Waals surface area contributed by atoms with Gasteiger partial charge in [0, 0.05) is 0 Å². The van der Waals surface area contributed by atoms with E-state index in [0.29, 0.717) is 0 Å². The summed E-state index contributed by atoms with van der Waals surface area (Å²) in [6, 6.07) is 0. The molecule has 0 aromatic heterocycles. The van der Waals surface area contributed by atoms with Gasteiger partial charge >= 0.3 is 11.9 Å². The Morgan fingerprint density at radius 3 is 1.70 bits per heavy atom. The van der Waals surface area contributed by atoms with E-state index in [9.17, 15) is 9.59 Å². The van der Waals surface area contributed by atoms with Crippen molar-refractivity contribution < 1.29 is 19.1 Å². The van der Waals surface area contributed by atoms with Crippen LogP contribution in [0.2, 0.25) is 0 Å². The van der Waals surface area contributed by atoms with E-state index in [1.165, 1.54) is 0 Å². The molecule has 0 unspecified atom stereocenters. The first-order chi connectivity index (χ1) is 4.75. The molecule has 4 heteroatoms. The molecule has 0 aliphatic carbocycles. The van der Waals surface area contributed by atoms with Crippen LogP contribution in [0.15, 0.2) is 11.5 Å². The maximum absolute atomic E-state index is 10.4. The third kappa shape index (κ3) is 0.556. The largest absolute Gasteiger partial charge is 0.418 e. The van der Waals surface area contributed by atoms with Crippen molar-refractivity contribution in [1.29, 1.82) is 0 Å². The topological polar surface area (TPSA) is 52.6 Å². The molecule has 10 heavy (non-hydrogen) atoms. The second kappa shape index (κ2) is 1.47. The van der Waals surface area contributed by atoms with Gasteiger partial charge in [-0.2, -0.15) is 0 Å². The number of ether oxygens (including phenoxy) is 2. The molecular formula is C6O4. The van der Waals surface area contributed by atoms with Crippen molar-refractivity contribution >= 4 is 11.9 Å². The van der Waals surface area contributed by atoms with Crippen LogP contribution in [-0.4, -0.2) is 11.9 Å². The van der Waals surface area contributed by atoms with Gasteiger partial charge in [0.2, 0.25) is 0 Å². The lowest BCUT2D eigenvalue weighted by atomic mass is 10.4. The summed E-state index contributed by atoms with van der Waals surface area (Å²) in [7, 11) is 0. The quantitative estimate of drug-likeness (QED) is 0.420. The van der Waals surface area contributed by atoms with Crippen LogP contribution in [0.4, 0.5) is 0 Å². The van der Waals surface area contributed by atoms with Crippen LogP contribution in [0.1, 0.15) is 0 Å². The fourth-order valence-corrected chi connectivity index (χ4v) is 0.679. The average Bonchev–Trinajstić information content (AvgIpc) is 2.21. The number of rotatable bonds is 0. The minimum Gasteiger partial charge on any atom is -0.418 e. The van der Waals surface area contributed by atoms with Gasteiger partial charge in [-0.05, 0) is 0 Å². The fourth-order valence-electron chi connectivity index (χ4n) is 0.679. The van der Waals surface area contributed by atoms with Crippen molar-refractivity contribution in [2.45, 2.75) is 0 Å². The fraction of sp³-hybridized carbons (Fsp3) is 0. The van der Waals surface area contributed by atoms with Gasteiger partial charge in [0.15, 0.2) is 11.5 Å². The van der Waals surface area contributed by atoms with Crippen molar-refractivity contribution in [1.82, 2.24) is 0 Å². The second-order valence-electron chi connectivity index (χ2n) is 1.69. The summed E-state index contributed by atoms with van der Waals surface area (Å²) < 4.78 is 8.86. The highest BCUT2D eigenvalue weighted by molar-refractivity contribution is 5.91. The van der Waals surface area contributed by atoms with E-state index in [-0.39, 0.29) is 11.5 Å². The van der Waals surface area contributed by atoms with Crippen LogP contribution < -0.4 is 0 Å². The van der Waals surface area contributed by atoms with Crippen LogP contribution in [-0.2, 0) is 19.1 Å². The maximum Gasteiger partial charge on any atom is 0.348 e. The number of esters is 2. The Labute approximate surface area is 55.7 Å². The smallest absolute Gasteiger partial charge is 0.348 e. The normalized spacial score (nSPS) is 21.2. The Bertz CT molecular complexity index is 254. The lowest BCUT2D eigenvalue weighted by molar-refractivity contribution is -0.132. The van der Waals surface area contributed by atoms with Crippen LogP contribution in [0, 0.1) is 12.2 Å². The molecule has 0 fully saturated rings. The highest BCUT2D eigenvalue weighted by Gasteiger charge is 2.31. The molecule has 2 heterocycles. The average molecular weight is 136 g/mol. The van der Waals surface area contributed by atoms with Crippen LogP contribution in [0.5, 0.6) is 0 Å². The zero-order valence-electron chi connectivity index (χ0n) is 4.63. The van der Waals surface area contributed by atoms with Gasteiger partial charge in [-0.1, -0.05) is 0 Å². The first-order valence-electron chi connectivity index (χ1n) is 2.47. The third-order valence-electron chi connectivity index (χ3n) is 1.03. The van der Waals surface area contributed by atoms with Crippen molar-refractivity contribution in [2.75, 3.05) is 0 Å². The summed E-state index contributed by atoms with van der Waals surface area (Å²) >= 11 is 0. The van der Waals surface area contributed by atoms with Crippen molar-refractivity contribution in [3.63, 3.8) is 0 Å². The minimum atomic E-state index is -0.648. The van der Waals surface area contributed by atoms with Crippen LogP contribution >= 0.6 is 0 Å². The molecule has 0 amide bonds. The standard InChI is InChI=1S/C6O4/c7-5-1-3-4(10-5)2-6(8)9-3. The lowest BCUT2D eigenvalue weighted by Crippen LogP contribution is -1.93. The van der Waals surface area contributed by atoms with Gasteiger partial charge in [-0.25, -0.2) is 9.59 Å². The molecule has 0 bridgehead atoms. The van der Waals surface area contributed by atoms with Crippen molar-refractivity contribution in [3.8, 4) is 0 Å². The number of carbonyl (C=O) groups excluding carboxylic acids is 2. The lowest BCUT2D eigenvalue weighted by Gasteiger charge is -1.88. The Kier molecular flexibility index (Phi) is 0.768. The molecule has 0 aromatic rings. The third-order valence-corrected chi connectivity index (χ3v) is 1.03. The van der Waals surface area contributed by atoms with E-state index >= 15 is 0 Å². The minimum absolute atomic E-state index is 0.0370. The van der Waals surface area contributed by atoms with Gasteiger partial charge in [0.05, 0.1) is 0 Å². The SMILES string of the molecule is O=C1[C]=C2OC(=O)[C]=C2O1. The molecule has 2 radical (unpaired) electrons. The second-order valence-corrected chi connectivity index (χ2v) is 1.69. The molecule has 2 aliphatic rings. The first kappa shape index (κ1) is 5.22. The van der Waals surface area contributed by atoms with E-state index in [1.807, 2.05) is 0 Å². The Hall–Kier alpha value is -1.58. The molecule has 0 spiro atoms. The zero-order chi connectivity index (χ0) is 7.14. The predicted octanol–water partition coefficient (Wildman–Crippen LogP) is -0.526. The molecule has 48 valence electrons. The molecule has 0 atom stereocenters. The van der Waals surface area contributed by atoms with Gasteiger partial charge in [0.25, 0.3) is 0 Å². The van der Waals surface area contributed by atoms with E-state index in [2.05, 4.69) is 21.6 Å². The van der Waals surface area contributed by atoms with Gasteiger partial charge in [-0.3, -0.25) is 0 Å². The number of carbonyl (C=O) groups is 2. The molecule has 0 N–H and O–H groups in total. The maximum atomic E-state index is 10.4. The molecule has 2 aliphatic heterocycles. The molecule has 0 saturated heterocycles. The predicted molar refractivity (Wildman–Crippen MR) is 25.7 cm³/mol. The highest BCUT2D eigenvalue weighted by Crippen LogP contribution is 2.24. The first-order valence-corrected chi connectivity index (χ1v) is 2.47. The number of hydrogen-bond acceptors (Lipinski definition) is 4. The molecule has 4 nitrogen and oxygen atoms in total. The van der Waals surface area contributed by atoms with Crippen LogP contribution in [0.3, 0.4) is 0 Å². The Morgan fingerprint density at radius 1 is 0.900 bits per heavy atom. The summed E-state index contributed by atoms with van der Waals surface area (Å²) in [5.74, 6) is -1.22. The summed E-state index contributed by atoms with van der Waals surface area (Å²) in [6.07, 6.45) is 4.32. The van der Waals surface area contributed by atoms with Crippen molar-refractivity contribution in [3.05, 3.63) is 23.7 Å². The number of hydrogen-bond donors (Lipinski definition) is 0. The van der Waals surface area contributed by atoms with Gasteiger partial charge in [0.1, 0.15) is 12.2 Å². The van der Waals surface area contributed by atoms with Gasteiger partial charge < -0.3 is 9.47 Å². The Balaban J connectivity index is 2.43. The molecule has 2 rings (SSSR count). The zero-order valence-corrected chi connectivity index (χ0v) is 4.63. The summed E-state index contributed by atoms with van der Waals surface area (Å²) in [5.41, 5.74) is 0. The van der Waals surface area contributed by atoms with E-state index in [4.69, 9.17) is 0 Å². The summed E-state index contributed by atoms with van der Waals surface area (Å²) in [6.45, 7) is 0. The summed E-state index contributed by atoms with van der Waals surface area (Å²) in [5, 5.41) is 0. The van der Waals surface area contributed by atoms with E-state index < -0.39 is 11.9 Å². The number of fused-ring (bicyclic) bond motifs is 1. The van der Waals surface area contributed by atoms with Crippen molar-refractivity contribution in [2.24, 2.45) is 0 Å². The van der Waals surface area contributed by atoms with E-state index in [0.717, 1.165) is 0 Å². The highest BCUT2D eigenvalue weighted by atomic mass is 16.6. The molecular weight excluding hydrogens is 136 g/mol. The van der Waals surface area contributed by atoms with Gasteiger partial charge in [-0.15, -0.1) is 0 Å². The van der Waals surface area contributed by atoms with Crippen LogP contribution in [0.25, 0.3) is 0 Å².